The Morgan fingerprint density at radius 3 is 2.56 bits per heavy atom. The lowest BCUT2D eigenvalue weighted by Crippen LogP contribution is -2.00. The zero-order valence-corrected chi connectivity index (χ0v) is 15.6. The van der Waals surface area contributed by atoms with E-state index in [0.717, 1.165) is 33.4 Å². The maximum atomic E-state index is 5.92. The van der Waals surface area contributed by atoms with E-state index in [-0.39, 0.29) is 0 Å². The second-order valence-electron chi connectivity index (χ2n) is 5.31. The van der Waals surface area contributed by atoms with Gasteiger partial charge in [0.2, 0.25) is 5.13 Å². The zero-order valence-electron chi connectivity index (χ0n) is 14.0. The lowest BCUT2D eigenvalue weighted by molar-refractivity contribution is 0.340. The van der Waals surface area contributed by atoms with Gasteiger partial charge in [-0.05, 0) is 55.8 Å². The molecule has 0 fully saturated rings. The highest BCUT2D eigenvalue weighted by Crippen LogP contribution is 2.26. The molecule has 0 radical (unpaired) electrons. The molecule has 128 valence electrons. The molecule has 2 aromatic carbocycles. The van der Waals surface area contributed by atoms with Crippen LogP contribution in [-0.2, 0) is 0 Å². The first-order valence-electron chi connectivity index (χ1n) is 7.90. The molecule has 1 N–H and O–H groups in total. The van der Waals surface area contributed by atoms with Crippen LogP contribution in [0.5, 0.6) is 5.75 Å². The molecule has 0 bridgehead atoms. The van der Waals surface area contributed by atoms with Gasteiger partial charge in [0.1, 0.15) is 5.75 Å². The van der Waals surface area contributed by atoms with E-state index in [0.29, 0.717) is 11.6 Å². The molecule has 4 nitrogen and oxygen atoms in total. The number of benzene rings is 2. The van der Waals surface area contributed by atoms with E-state index in [1.165, 1.54) is 11.3 Å². The third-order valence-corrected chi connectivity index (χ3v) is 4.55. The van der Waals surface area contributed by atoms with Crippen molar-refractivity contribution in [2.75, 3.05) is 12.0 Å². The van der Waals surface area contributed by atoms with Gasteiger partial charge in [0.15, 0.2) is 0 Å². The standard InChI is InChI=1S/C19H18ClN3OS/c1-3-24-17-10-6-14(7-11-17)13(2)22-23-19-21-18(12-25-19)15-4-8-16(20)9-5-15/h4-12H,3H2,1-2H3,(H,21,23). The molecule has 1 heterocycles. The summed E-state index contributed by atoms with van der Waals surface area (Å²) < 4.78 is 5.45. The summed E-state index contributed by atoms with van der Waals surface area (Å²) in [6, 6.07) is 15.5. The van der Waals surface area contributed by atoms with E-state index in [9.17, 15) is 0 Å². The second kappa shape index (κ2) is 8.14. The number of hydrogen-bond acceptors (Lipinski definition) is 5. The monoisotopic (exact) mass is 371 g/mol. The minimum absolute atomic E-state index is 0.661. The second-order valence-corrected chi connectivity index (χ2v) is 6.61. The van der Waals surface area contributed by atoms with Crippen molar-refractivity contribution in [3.05, 3.63) is 64.5 Å². The normalized spacial score (nSPS) is 11.4. The van der Waals surface area contributed by atoms with E-state index in [1.54, 1.807) is 0 Å². The predicted molar refractivity (Wildman–Crippen MR) is 106 cm³/mol. The first kappa shape index (κ1) is 17.5. The number of hydrazone groups is 1. The highest BCUT2D eigenvalue weighted by molar-refractivity contribution is 7.14. The average Bonchev–Trinajstić information content (AvgIpc) is 3.10. The largest absolute Gasteiger partial charge is 0.494 e. The summed E-state index contributed by atoms with van der Waals surface area (Å²) in [4.78, 5) is 4.55. The lowest BCUT2D eigenvalue weighted by Gasteiger charge is -2.05. The fraction of sp³-hybridized carbons (Fsp3) is 0.158. The van der Waals surface area contributed by atoms with Crippen molar-refractivity contribution < 1.29 is 4.74 Å². The Bertz CT molecular complexity index is 857. The van der Waals surface area contributed by atoms with Gasteiger partial charge in [-0.2, -0.15) is 5.10 Å². The molecule has 0 atom stereocenters. The predicted octanol–water partition coefficient (Wildman–Crippen LogP) is 5.70. The first-order valence-corrected chi connectivity index (χ1v) is 9.16. The number of thiazole rings is 1. The number of hydrogen-bond donors (Lipinski definition) is 1. The fourth-order valence-corrected chi connectivity index (χ4v) is 3.02. The van der Waals surface area contributed by atoms with Crippen LogP contribution in [0.2, 0.25) is 5.02 Å². The Morgan fingerprint density at radius 2 is 1.88 bits per heavy atom. The summed E-state index contributed by atoms with van der Waals surface area (Å²) >= 11 is 7.43. The van der Waals surface area contributed by atoms with E-state index < -0.39 is 0 Å². The minimum Gasteiger partial charge on any atom is -0.494 e. The molecule has 25 heavy (non-hydrogen) atoms. The number of anilines is 1. The number of nitrogens with zero attached hydrogens (tertiary/aromatic N) is 2. The van der Waals surface area contributed by atoms with Crippen molar-refractivity contribution in [1.82, 2.24) is 4.98 Å². The van der Waals surface area contributed by atoms with Gasteiger partial charge in [-0.1, -0.05) is 23.7 Å². The first-order chi connectivity index (χ1) is 12.2. The molecule has 0 aliphatic rings. The Hall–Kier alpha value is -2.37. The minimum atomic E-state index is 0.661. The quantitative estimate of drug-likeness (QED) is 0.446. The Labute approximate surface area is 156 Å². The Kier molecular flexibility index (Phi) is 5.68. The van der Waals surface area contributed by atoms with Crippen LogP contribution in [0.15, 0.2) is 59.0 Å². The van der Waals surface area contributed by atoms with Crippen LogP contribution in [0.1, 0.15) is 19.4 Å². The molecule has 0 aliphatic carbocycles. The van der Waals surface area contributed by atoms with Gasteiger partial charge in [-0.15, -0.1) is 11.3 Å². The van der Waals surface area contributed by atoms with Gasteiger partial charge in [-0.25, -0.2) is 4.98 Å². The molecule has 0 saturated heterocycles. The Balaban J connectivity index is 1.68. The molecular formula is C19H18ClN3OS. The third-order valence-electron chi connectivity index (χ3n) is 3.55. The highest BCUT2D eigenvalue weighted by atomic mass is 35.5. The van der Waals surface area contributed by atoms with Gasteiger partial charge < -0.3 is 4.74 Å². The molecule has 0 amide bonds. The summed E-state index contributed by atoms with van der Waals surface area (Å²) in [6.45, 7) is 4.58. The molecule has 0 spiro atoms. The van der Waals surface area contributed by atoms with Gasteiger partial charge in [0.25, 0.3) is 0 Å². The lowest BCUT2D eigenvalue weighted by atomic mass is 10.1. The maximum Gasteiger partial charge on any atom is 0.203 e. The van der Waals surface area contributed by atoms with Gasteiger partial charge in [0, 0.05) is 16.0 Å². The zero-order chi connectivity index (χ0) is 17.6. The van der Waals surface area contributed by atoms with Crippen LogP contribution >= 0.6 is 22.9 Å². The molecule has 3 aromatic rings. The van der Waals surface area contributed by atoms with Crippen molar-refractivity contribution >= 4 is 33.8 Å². The summed E-state index contributed by atoms with van der Waals surface area (Å²) in [5, 5.41) is 7.87. The third kappa shape index (κ3) is 4.59. The van der Waals surface area contributed by atoms with E-state index in [2.05, 4.69) is 15.5 Å². The molecule has 6 heteroatoms. The van der Waals surface area contributed by atoms with Crippen LogP contribution in [0.25, 0.3) is 11.3 Å². The molecular weight excluding hydrogens is 354 g/mol. The van der Waals surface area contributed by atoms with Crippen LogP contribution in [0, 0.1) is 0 Å². The summed E-state index contributed by atoms with van der Waals surface area (Å²) in [5.74, 6) is 0.861. The van der Waals surface area contributed by atoms with E-state index >= 15 is 0 Å². The van der Waals surface area contributed by atoms with Crippen LogP contribution in [0.3, 0.4) is 0 Å². The number of aromatic nitrogens is 1. The van der Waals surface area contributed by atoms with E-state index in [1.807, 2.05) is 67.8 Å². The average molecular weight is 372 g/mol. The SMILES string of the molecule is CCOc1ccc(C(C)=NNc2nc(-c3ccc(Cl)cc3)cs2)cc1. The molecule has 0 aliphatic heterocycles. The fourth-order valence-electron chi connectivity index (χ4n) is 2.23. The summed E-state index contributed by atoms with van der Waals surface area (Å²) in [5.41, 5.74) is 6.87. The molecule has 0 unspecified atom stereocenters. The smallest absolute Gasteiger partial charge is 0.203 e. The Morgan fingerprint density at radius 1 is 1.16 bits per heavy atom. The number of rotatable bonds is 6. The molecule has 3 rings (SSSR count). The maximum absolute atomic E-state index is 5.92. The summed E-state index contributed by atoms with van der Waals surface area (Å²) in [7, 11) is 0. The topological polar surface area (TPSA) is 46.5 Å². The van der Waals surface area contributed by atoms with E-state index in [4.69, 9.17) is 16.3 Å². The van der Waals surface area contributed by atoms with Crippen LogP contribution in [-0.4, -0.2) is 17.3 Å². The molecule has 1 aromatic heterocycles. The highest BCUT2D eigenvalue weighted by Gasteiger charge is 2.05. The van der Waals surface area contributed by atoms with Crippen molar-refractivity contribution in [2.24, 2.45) is 5.10 Å². The number of ether oxygens (including phenoxy) is 1. The van der Waals surface area contributed by atoms with Gasteiger partial charge in [0.05, 0.1) is 18.0 Å². The number of halogens is 1. The van der Waals surface area contributed by atoms with Crippen molar-refractivity contribution in [3.8, 4) is 17.0 Å². The van der Waals surface area contributed by atoms with Crippen molar-refractivity contribution in [2.45, 2.75) is 13.8 Å². The van der Waals surface area contributed by atoms with Gasteiger partial charge in [-0.3, -0.25) is 5.43 Å². The van der Waals surface area contributed by atoms with Gasteiger partial charge >= 0.3 is 0 Å². The van der Waals surface area contributed by atoms with Crippen molar-refractivity contribution in [1.29, 1.82) is 0 Å². The molecule has 0 saturated carbocycles. The van der Waals surface area contributed by atoms with Crippen LogP contribution in [0.4, 0.5) is 5.13 Å². The van der Waals surface area contributed by atoms with Crippen molar-refractivity contribution in [3.63, 3.8) is 0 Å². The summed E-state index contributed by atoms with van der Waals surface area (Å²) in [6.07, 6.45) is 0. The van der Waals surface area contributed by atoms with Crippen LogP contribution < -0.4 is 10.2 Å². The number of nitrogens with one attached hydrogen (secondary N) is 1.